The Morgan fingerprint density at radius 2 is 1.78 bits per heavy atom. The molecular weight excluding hydrogens is 418 g/mol. The van der Waals surface area contributed by atoms with Gasteiger partial charge in [-0.05, 0) is 68.5 Å². The molecule has 5 rings (SSSR count). The lowest BCUT2D eigenvalue weighted by Gasteiger charge is -2.28. The Labute approximate surface area is 191 Å². The number of nitrogens with zero attached hydrogens (tertiary/aromatic N) is 5. The summed E-state index contributed by atoms with van der Waals surface area (Å²) in [6, 6.07) is 14.6. The van der Waals surface area contributed by atoms with Crippen LogP contribution in [0.25, 0.3) is 16.4 Å². The van der Waals surface area contributed by atoms with Crippen LogP contribution in [0.4, 0.5) is 0 Å². The lowest BCUT2D eigenvalue weighted by molar-refractivity contribution is 0.0738. The van der Waals surface area contributed by atoms with Crippen LogP contribution in [0, 0.1) is 27.7 Å². The minimum absolute atomic E-state index is 0.0416. The summed E-state index contributed by atoms with van der Waals surface area (Å²) in [5.74, 6) is 0.0416. The third-order valence-electron chi connectivity index (χ3n) is 6.24. The molecule has 32 heavy (non-hydrogen) atoms. The van der Waals surface area contributed by atoms with Gasteiger partial charge in [0.15, 0.2) is 0 Å². The van der Waals surface area contributed by atoms with Gasteiger partial charge in [-0.2, -0.15) is 0 Å². The monoisotopic (exact) mass is 443 g/mol. The van der Waals surface area contributed by atoms with Crippen molar-refractivity contribution in [1.82, 2.24) is 24.9 Å². The third-order valence-corrected chi connectivity index (χ3v) is 7.39. The van der Waals surface area contributed by atoms with Crippen LogP contribution in [0.3, 0.4) is 0 Å². The van der Waals surface area contributed by atoms with Crippen molar-refractivity contribution in [3.63, 3.8) is 0 Å². The topological polar surface area (TPSA) is 63.9 Å². The minimum Gasteiger partial charge on any atom is -0.333 e. The molecule has 3 heterocycles. The Hall–Kier alpha value is -3.32. The first kappa shape index (κ1) is 20.6. The molecule has 0 radical (unpaired) electrons. The number of carbonyl (C=O) groups excluding carboxylic acids is 1. The van der Waals surface area contributed by atoms with Gasteiger partial charge in [-0.1, -0.05) is 35.5 Å². The zero-order valence-electron chi connectivity index (χ0n) is 18.7. The van der Waals surface area contributed by atoms with E-state index in [1.54, 1.807) is 0 Å². The summed E-state index contributed by atoms with van der Waals surface area (Å²) in [5, 5.41) is 9.51. The van der Waals surface area contributed by atoms with Crippen molar-refractivity contribution < 1.29 is 4.79 Å². The second-order valence-corrected chi connectivity index (χ2v) is 9.38. The zero-order chi connectivity index (χ0) is 22.4. The van der Waals surface area contributed by atoms with Crippen LogP contribution in [0.15, 0.2) is 42.5 Å². The number of carbonyl (C=O) groups is 1. The largest absolute Gasteiger partial charge is 0.333 e. The van der Waals surface area contributed by atoms with Crippen molar-refractivity contribution in [2.75, 3.05) is 6.54 Å². The highest BCUT2D eigenvalue weighted by Crippen LogP contribution is 2.31. The van der Waals surface area contributed by atoms with Gasteiger partial charge in [0.2, 0.25) is 0 Å². The Balaban J connectivity index is 1.43. The maximum absolute atomic E-state index is 13.3. The van der Waals surface area contributed by atoms with Crippen LogP contribution in [0.1, 0.15) is 43.3 Å². The van der Waals surface area contributed by atoms with Gasteiger partial charge in [0, 0.05) is 13.1 Å². The molecule has 0 fully saturated rings. The predicted octanol–water partition coefficient (Wildman–Crippen LogP) is 4.82. The van der Waals surface area contributed by atoms with Crippen molar-refractivity contribution in [1.29, 1.82) is 0 Å². The van der Waals surface area contributed by atoms with Gasteiger partial charge in [0.05, 0.1) is 17.1 Å². The van der Waals surface area contributed by atoms with E-state index in [2.05, 4.69) is 54.5 Å². The Bertz CT molecular complexity index is 1340. The van der Waals surface area contributed by atoms with Gasteiger partial charge in [-0.3, -0.25) is 4.79 Å². The molecule has 1 amide bonds. The molecule has 0 aliphatic carbocycles. The standard InChI is InChI=1S/C25H25N5OS/c1-15-9-10-21(13-16(15)2)30-18(4)22(27-28-30)24-26-17(3)23(32-24)25(31)29-12-11-19-7-5-6-8-20(19)14-29/h5-10,13H,11-12,14H2,1-4H3. The van der Waals surface area contributed by atoms with E-state index in [4.69, 9.17) is 4.98 Å². The molecule has 0 saturated carbocycles. The molecule has 2 aromatic heterocycles. The molecule has 1 aliphatic heterocycles. The Morgan fingerprint density at radius 1 is 1.00 bits per heavy atom. The van der Waals surface area contributed by atoms with E-state index in [-0.39, 0.29) is 5.91 Å². The van der Waals surface area contributed by atoms with Crippen molar-refractivity contribution in [3.05, 3.63) is 81.0 Å². The summed E-state index contributed by atoms with van der Waals surface area (Å²) in [7, 11) is 0. The second kappa shape index (κ2) is 7.98. The molecule has 6 nitrogen and oxygen atoms in total. The highest BCUT2D eigenvalue weighted by molar-refractivity contribution is 7.17. The number of rotatable bonds is 3. The van der Waals surface area contributed by atoms with Gasteiger partial charge < -0.3 is 4.90 Å². The number of aromatic nitrogens is 4. The summed E-state index contributed by atoms with van der Waals surface area (Å²) in [5.41, 5.74) is 8.35. The number of hydrogen-bond acceptors (Lipinski definition) is 5. The van der Waals surface area contributed by atoms with Crippen LogP contribution in [-0.2, 0) is 13.0 Å². The van der Waals surface area contributed by atoms with E-state index in [0.29, 0.717) is 11.4 Å². The quantitative estimate of drug-likeness (QED) is 0.455. The summed E-state index contributed by atoms with van der Waals surface area (Å²) in [6.45, 7) is 9.44. The van der Waals surface area contributed by atoms with Crippen molar-refractivity contribution in [2.24, 2.45) is 0 Å². The molecule has 1 aliphatic rings. The van der Waals surface area contributed by atoms with Gasteiger partial charge in [-0.25, -0.2) is 9.67 Å². The van der Waals surface area contributed by atoms with Crippen LogP contribution < -0.4 is 0 Å². The van der Waals surface area contributed by atoms with Crippen LogP contribution >= 0.6 is 11.3 Å². The van der Waals surface area contributed by atoms with Crippen molar-refractivity contribution >= 4 is 17.2 Å². The van der Waals surface area contributed by atoms with E-state index in [1.165, 1.54) is 33.6 Å². The lowest BCUT2D eigenvalue weighted by Crippen LogP contribution is -2.35. The third kappa shape index (κ3) is 3.52. The van der Waals surface area contributed by atoms with Crippen LogP contribution in [-0.4, -0.2) is 37.3 Å². The Morgan fingerprint density at radius 3 is 2.56 bits per heavy atom. The fourth-order valence-corrected chi connectivity index (χ4v) is 5.21. The van der Waals surface area contributed by atoms with Crippen molar-refractivity contribution in [3.8, 4) is 16.4 Å². The summed E-state index contributed by atoms with van der Waals surface area (Å²) in [4.78, 5) is 20.6. The average molecular weight is 444 g/mol. The van der Waals surface area contributed by atoms with E-state index in [0.717, 1.165) is 40.7 Å². The van der Waals surface area contributed by atoms with Crippen molar-refractivity contribution in [2.45, 2.75) is 40.7 Å². The first-order valence-electron chi connectivity index (χ1n) is 10.8. The SMILES string of the molecule is Cc1ccc(-n2nnc(-c3nc(C)c(C(=O)N4CCc5ccccc5C4)s3)c2C)cc1C. The van der Waals surface area contributed by atoms with Gasteiger partial charge in [0.25, 0.3) is 5.91 Å². The molecule has 4 aromatic rings. The molecule has 0 spiro atoms. The predicted molar refractivity (Wildman–Crippen MR) is 126 cm³/mol. The number of fused-ring (bicyclic) bond motifs is 1. The molecular formula is C25H25N5OS. The highest BCUT2D eigenvalue weighted by Gasteiger charge is 2.26. The minimum atomic E-state index is 0.0416. The van der Waals surface area contributed by atoms with E-state index in [9.17, 15) is 4.79 Å². The first-order chi connectivity index (χ1) is 15.4. The number of hydrogen-bond donors (Lipinski definition) is 0. The highest BCUT2D eigenvalue weighted by atomic mass is 32.1. The number of amides is 1. The maximum atomic E-state index is 13.3. The summed E-state index contributed by atoms with van der Waals surface area (Å²) < 4.78 is 1.83. The van der Waals surface area contributed by atoms with E-state index < -0.39 is 0 Å². The number of benzene rings is 2. The second-order valence-electron chi connectivity index (χ2n) is 8.38. The Kier molecular flexibility index (Phi) is 5.13. The maximum Gasteiger partial charge on any atom is 0.266 e. The van der Waals surface area contributed by atoms with E-state index in [1.807, 2.05) is 35.6 Å². The molecule has 0 saturated heterocycles. The van der Waals surface area contributed by atoms with Gasteiger partial charge in [-0.15, -0.1) is 16.4 Å². The molecule has 0 bridgehead atoms. The zero-order valence-corrected chi connectivity index (χ0v) is 19.5. The molecule has 2 aromatic carbocycles. The van der Waals surface area contributed by atoms with Gasteiger partial charge >= 0.3 is 0 Å². The summed E-state index contributed by atoms with van der Waals surface area (Å²) in [6.07, 6.45) is 0.885. The summed E-state index contributed by atoms with van der Waals surface area (Å²) >= 11 is 1.41. The number of thiazole rings is 1. The van der Waals surface area contributed by atoms with Crippen LogP contribution in [0.2, 0.25) is 0 Å². The van der Waals surface area contributed by atoms with Gasteiger partial charge in [0.1, 0.15) is 15.6 Å². The van der Waals surface area contributed by atoms with E-state index >= 15 is 0 Å². The number of aryl methyl sites for hydroxylation is 3. The smallest absolute Gasteiger partial charge is 0.266 e. The molecule has 0 atom stereocenters. The fraction of sp³-hybridized carbons (Fsp3) is 0.280. The first-order valence-corrected chi connectivity index (χ1v) is 11.6. The average Bonchev–Trinajstić information content (AvgIpc) is 3.37. The molecule has 7 heteroatoms. The molecule has 0 N–H and O–H groups in total. The fourth-order valence-electron chi connectivity index (χ4n) is 4.14. The normalized spacial score (nSPS) is 13.3. The lowest BCUT2D eigenvalue weighted by atomic mass is 10.00. The molecule has 0 unspecified atom stereocenters. The molecule has 162 valence electrons. The van der Waals surface area contributed by atoms with Crippen LogP contribution in [0.5, 0.6) is 0 Å².